The molecule has 0 aliphatic heterocycles. The summed E-state index contributed by atoms with van der Waals surface area (Å²) in [5.41, 5.74) is 4.34. The van der Waals surface area contributed by atoms with Gasteiger partial charge in [0, 0.05) is 35.8 Å². The molecule has 1 N–H and O–H groups in total. The summed E-state index contributed by atoms with van der Waals surface area (Å²) in [5, 5.41) is 9.89. The number of aliphatic carboxylic acids is 1. The summed E-state index contributed by atoms with van der Waals surface area (Å²) < 4.78 is 18.2. The number of rotatable bonds is 7. The maximum Gasteiger partial charge on any atom is 0.328 e. The first kappa shape index (κ1) is 20.1. The predicted molar refractivity (Wildman–Crippen MR) is 114 cm³/mol. The lowest BCUT2D eigenvalue weighted by Crippen LogP contribution is -1.97. The van der Waals surface area contributed by atoms with Crippen molar-refractivity contribution in [2.75, 3.05) is 21.3 Å². The molecule has 0 atom stereocenters. The molecule has 0 unspecified atom stereocenters. The molecule has 150 valence electrons. The summed E-state index contributed by atoms with van der Waals surface area (Å²) in [7, 11) is 6.63. The van der Waals surface area contributed by atoms with Crippen LogP contribution in [0, 0.1) is 0 Å². The first-order chi connectivity index (χ1) is 13.9. The largest absolute Gasteiger partial charge is 0.493 e. The number of ether oxygens (including phenoxy) is 3. The van der Waals surface area contributed by atoms with Crippen molar-refractivity contribution in [3.05, 3.63) is 65.9 Å². The number of benzene rings is 2. The summed E-state index contributed by atoms with van der Waals surface area (Å²) in [6.45, 7) is 4.25. The number of aromatic nitrogens is 1. The second-order valence-corrected chi connectivity index (χ2v) is 6.49. The summed E-state index contributed by atoms with van der Waals surface area (Å²) in [5.74, 6) is 0.633. The highest BCUT2D eigenvalue weighted by atomic mass is 16.5. The van der Waals surface area contributed by atoms with Gasteiger partial charge in [0.05, 0.1) is 21.3 Å². The van der Waals surface area contributed by atoms with Gasteiger partial charge in [-0.3, -0.25) is 0 Å². The number of hydrogen-bond acceptors (Lipinski definition) is 4. The van der Waals surface area contributed by atoms with Crippen LogP contribution in [-0.2, 0) is 11.8 Å². The van der Waals surface area contributed by atoms with E-state index in [2.05, 4.69) is 6.58 Å². The molecule has 6 nitrogen and oxygen atoms in total. The van der Waals surface area contributed by atoms with Gasteiger partial charge < -0.3 is 23.9 Å². The van der Waals surface area contributed by atoms with Crippen molar-refractivity contribution in [3.63, 3.8) is 0 Å². The second kappa shape index (κ2) is 8.14. The van der Waals surface area contributed by atoms with Gasteiger partial charge in [-0.15, -0.1) is 0 Å². The zero-order valence-corrected chi connectivity index (χ0v) is 16.9. The Balaban J connectivity index is 2.10. The SMILES string of the molecule is C=C(c1cc(OC)c(OC)c(OC)c1)c1ccc2c(c1)c(C=CC(=O)O)cn2C. The van der Waals surface area contributed by atoms with Gasteiger partial charge in [-0.25, -0.2) is 4.79 Å². The third-order valence-electron chi connectivity index (χ3n) is 4.79. The first-order valence-corrected chi connectivity index (χ1v) is 8.89. The number of carboxylic acids is 1. The fourth-order valence-corrected chi connectivity index (χ4v) is 3.33. The minimum absolute atomic E-state index is 0.520. The Labute approximate surface area is 169 Å². The van der Waals surface area contributed by atoms with Crippen LogP contribution in [0.15, 0.2) is 49.2 Å². The van der Waals surface area contributed by atoms with E-state index in [0.29, 0.717) is 17.2 Å². The Hall–Kier alpha value is -3.67. The lowest BCUT2D eigenvalue weighted by atomic mass is 9.97. The maximum absolute atomic E-state index is 10.9. The Bertz CT molecular complexity index is 1100. The van der Waals surface area contributed by atoms with Crippen LogP contribution < -0.4 is 14.2 Å². The molecule has 0 spiro atoms. The van der Waals surface area contributed by atoms with E-state index in [1.165, 1.54) is 0 Å². The van der Waals surface area contributed by atoms with Gasteiger partial charge in [0.25, 0.3) is 0 Å². The maximum atomic E-state index is 10.9. The van der Waals surface area contributed by atoms with E-state index in [-0.39, 0.29) is 0 Å². The number of aryl methyl sites for hydroxylation is 1. The van der Waals surface area contributed by atoms with Gasteiger partial charge in [-0.1, -0.05) is 12.6 Å². The number of fused-ring (bicyclic) bond motifs is 1. The van der Waals surface area contributed by atoms with Crippen molar-refractivity contribution in [2.24, 2.45) is 7.05 Å². The lowest BCUT2D eigenvalue weighted by molar-refractivity contribution is -0.131. The van der Waals surface area contributed by atoms with Crippen LogP contribution in [0.3, 0.4) is 0 Å². The molecular weight excluding hydrogens is 370 g/mol. The monoisotopic (exact) mass is 393 g/mol. The average Bonchev–Trinajstić information content (AvgIpc) is 3.05. The van der Waals surface area contributed by atoms with Gasteiger partial charge in [0.2, 0.25) is 5.75 Å². The van der Waals surface area contributed by atoms with E-state index in [0.717, 1.165) is 39.2 Å². The normalized spacial score (nSPS) is 11.0. The number of carboxylic acid groups (broad SMARTS) is 1. The van der Waals surface area contributed by atoms with E-state index >= 15 is 0 Å². The van der Waals surface area contributed by atoms with Crippen LogP contribution in [0.5, 0.6) is 17.2 Å². The Kier molecular flexibility index (Phi) is 5.64. The number of hydrogen-bond donors (Lipinski definition) is 1. The lowest BCUT2D eigenvalue weighted by Gasteiger charge is -2.15. The van der Waals surface area contributed by atoms with Crippen molar-refractivity contribution in [1.29, 1.82) is 0 Å². The quantitative estimate of drug-likeness (QED) is 0.604. The van der Waals surface area contributed by atoms with Crippen LogP contribution in [0.25, 0.3) is 22.6 Å². The third kappa shape index (κ3) is 3.82. The summed E-state index contributed by atoms with van der Waals surface area (Å²) >= 11 is 0. The predicted octanol–water partition coefficient (Wildman–Crippen LogP) is 4.36. The van der Waals surface area contributed by atoms with Crippen LogP contribution in [-0.4, -0.2) is 37.0 Å². The molecule has 0 saturated carbocycles. The molecule has 1 heterocycles. The smallest absolute Gasteiger partial charge is 0.328 e. The number of nitrogens with zero attached hydrogens (tertiary/aromatic N) is 1. The Morgan fingerprint density at radius 1 is 1.03 bits per heavy atom. The Morgan fingerprint density at radius 3 is 2.24 bits per heavy atom. The second-order valence-electron chi connectivity index (χ2n) is 6.49. The van der Waals surface area contributed by atoms with Crippen LogP contribution in [0.2, 0.25) is 0 Å². The van der Waals surface area contributed by atoms with Gasteiger partial charge in [-0.2, -0.15) is 0 Å². The minimum atomic E-state index is -0.986. The molecule has 0 aliphatic rings. The molecule has 0 bridgehead atoms. The van der Waals surface area contributed by atoms with E-state index in [1.807, 2.05) is 48.1 Å². The molecule has 0 fully saturated rings. The summed E-state index contributed by atoms with van der Waals surface area (Å²) in [4.78, 5) is 10.9. The van der Waals surface area contributed by atoms with Crippen LogP contribution in [0.4, 0.5) is 0 Å². The molecule has 2 aromatic carbocycles. The van der Waals surface area contributed by atoms with Crippen molar-refractivity contribution >= 4 is 28.5 Å². The molecule has 6 heteroatoms. The summed E-state index contributed by atoms with van der Waals surface area (Å²) in [6, 6.07) is 9.68. The molecule has 3 aromatic rings. The molecule has 0 radical (unpaired) electrons. The standard InChI is InChI=1S/C23H23NO5/c1-14(17-11-20(27-3)23(29-5)21(12-17)28-4)15-6-8-19-18(10-15)16(13-24(19)2)7-9-22(25)26/h6-13H,1H2,2-5H3,(H,25,26). The highest BCUT2D eigenvalue weighted by Crippen LogP contribution is 2.41. The molecule has 29 heavy (non-hydrogen) atoms. The fraction of sp³-hybridized carbons (Fsp3) is 0.174. The number of methoxy groups -OCH3 is 3. The highest BCUT2D eigenvalue weighted by Gasteiger charge is 2.16. The van der Waals surface area contributed by atoms with E-state index in [9.17, 15) is 4.79 Å². The topological polar surface area (TPSA) is 69.9 Å². The Morgan fingerprint density at radius 2 is 1.69 bits per heavy atom. The van der Waals surface area contributed by atoms with Crippen molar-refractivity contribution in [1.82, 2.24) is 4.57 Å². The van der Waals surface area contributed by atoms with Crippen LogP contribution in [0.1, 0.15) is 16.7 Å². The first-order valence-electron chi connectivity index (χ1n) is 8.89. The van der Waals surface area contributed by atoms with Gasteiger partial charge in [-0.05, 0) is 47.0 Å². The van der Waals surface area contributed by atoms with Gasteiger partial charge in [0.15, 0.2) is 11.5 Å². The fourth-order valence-electron chi connectivity index (χ4n) is 3.33. The minimum Gasteiger partial charge on any atom is -0.493 e. The number of carbonyl (C=O) groups is 1. The van der Waals surface area contributed by atoms with Crippen molar-refractivity contribution in [3.8, 4) is 17.2 Å². The van der Waals surface area contributed by atoms with Gasteiger partial charge >= 0.3 is 5.97 Å². The van der Waals surface area contributed by atoms with E-state index in [1.54, 1.807) is 27.4 Å². The molecule has 0 saturated heterocycles. The highest BCUT2D eigenvalue weighted by molar-refractivity contribution is 5.96. The molecule has 1 aromatic heterocycles. The van der Waals surface area contributed by atoms with Crippen molar-refractivity contribution in [2.45, 2.75) is 0 Å². The van der Waals surface area contributed by atoms with Crippen LogP contribution >= 0.6 is 0 Å². The van der Waals surface area contributed by atoms with E-state index < -0.39 is 5.97 Å². The van der Waals surface area contributed by atoms with E-state index in [4.69, 9.17) is 19.3 Å². The molecule has 0 aliphatic carbocycles. The molecule has 3 rings (SSSR count). The average molecular weight is 393 g/mol. The third-order valence-corrected chi connectivity index (χ3v) is 4.79. The zero-order valence-electron chi connectivity index (χ0n) is 16.9. The molecule has 0 amide bonds. The van der Waals surface area contributed by atoms with Gasteiger partial charge in [0.1, 0.15) is 0 Å². The summed E-state index contributed by atoms with van der Waals surface area (Å²) in [6.07, 6.45) is 4.63. The van der Waals surface area contributed by atoms with Crippen molar-refractivity contribution < 1.29 is 24.1 Å². The molecular formula is C23H23NO5. The zero-order chi connectivity index (χ0) is 21.1.